The van der Waals surface area contributed by atoms with Crippen LogP contribution in [0.3, 0.4) is 0 Å². The molecule has 1 fully saturated rings. The smallest absolute Gasteiger partial charge is 0.343 e. The van der Waals surface area contributed by atoms with Gasteiger partial charge in [-0.2, -0.15) is 0 Å². The molecule has 0 aliphatic heterocycles. The first kappa shape index (κ1) is 13.4. The first-order valence-corrected chi connectivity index (χ1v) is 5.48. The molecule has 5 heteroatoms. The molecule has 5 nitrogen and oxygen atoms in total. The van der Waals surface area contributed by atoms with Crippen LogP contribution in [0.15, 0.2) is 23.1 Å². The van der Waals surface area contributed by atoms with Gasteiger partial charge in [0.05, 0.1) is 7.11 Å². The van der Waals surface area contributed by atoms with Crippen LogP contribution < -0.4 is 5.56 Å². The number of aliphatic hydroxyl groups is 1. The highest BCUT2D eigenvalue weighted by atomic mass is 16.5. The van der Waals surface area contributed by atoms with Crippen LogP contribution in [-0.2, 0) is 4.74 Å². The monoisotopic (exact) mass is 239 g/mol. The van der Waals surface area contributed by atoms with Crippen LogP contribution in [0.4, 0.5) is 0 Å². The minimum atomic E-state index is -0.561. The number of carbonyl (C=O) groups excluding carboxylic acids is 1. The molecular weight excluding hydrogens is 222 g/mol. The highest BCUT2D eigenvalue weighted by molar-refractivity contribution is 5.88. The van der Waals surface area contributed by atoms with Crippen molar-refractivity contribution >= 4 is 5.97 Å². The molecule has 94 valence electrons. The van der Waals surface area contributed by atoms with E-state index in [0.717, 1.165) is 26.4 Å². The van der Waals surface area contributed by atoms with Crippen molar-refractivity contribution in [2.75, 3.05) is 14.2 Å². The van der Waals surface area contributed by atoms with E-state index < -0.39 is 5.97 Å². The van der Waals surface area contributed by atoms with Crippen LogP contribution in [0.25, 0.3) is 0 Å². The molecule has 0 radical (unpaired) electrons. The summed E-state index contributed by atoms with van der Waals surface area (Å²) in [4.78, 5) is 23.1. The molecule has 0 bridgehead atoms. The van der Waals surface area contributed by atoms with Crippen molar-refractivity contribution in [3.63, 3.8) is 0 Å². The van der Waals surface area contributed by atoms with Gasteiger partial charge in [0.15, 0.2) is 0 Å². The molecule has 0 spiro atoms. The normalized spacial score (nSPS) is 14.3. The van der Waals surface area contributed by atoms with E-state index in [-0.39, 0.29) is 17.2 Å². The third-order valence-electron chi connectivity index (χ3n) is 2.85. The third-order valence-corrected chi connectivity index (χ3v) is 2.85. The molecule has 1 aromatic heterocycles. The summed E-state index contributed by atoms with van der Waals surface area (Å²) < 4.78 is 6.19. The van der Waals surface area contributed by atoms with Crippen molar-refractivity contribution in [2.45, 2.75) is 25.3 Å². The zero-order valence-corrected chi connectivity index (χ0v) is 10.0. The number of hydrogen-bond acceptors (Lipinski definition) is 4. The van der Waals surface area contributed by atoms with Gasteiger partial charge in [-0.25, -0.2) is 4.79 Å². The standard InChI is InChI=1S/C11H13NO3.CH4O/c1-15-11(14)9-6-3-7-12(10(9)13)8-4-2-5-8;1-2/h3,6-8H,2,4-5H2,1H3;2H,1H3. The van der Waals surface area contributed by atoms with E-state index in [9.17, 15) is 9.59 Å². The van der Waals surface area contributed by atoms with Crippen LogP contribution in [0.2, 0.25) is 0 Å². The fourth-order valence-corrected chi connectivity index (χ4v) is 1.73. The molecule has 1 aliphatic carbocycles. The Labute approximate surface area is 99.6 Å². The summed E-state index contributed by atoms with van der Waals surface area (Å²) in [7, 11) is 2.28. The number of hydrogen-bond donors (Lipinski definition) is 1. The maximum Gasteiger partial charge on any atom is 0.343 e. The minimum absolute atomic E-state index is 0.118. The predicted octanol–water partition coefficient (Wildman–Crippen LogP) is 0.968. The SMILES string of the molecule is CO.COC(=O)c1cccn(C2CCC2)c1=O. The van der Waals surface area contributed by atoms with Gasteiger partial charge in [0, 0.05) is 19.3 Å². The third kappa shape index (κ3) is 2.74. The fraction of sp³-hybridized carbons (Fsp3) is 0.500. The number of esters is 1. The fourth-order valence-electron chi connectivity index (χ4n) is 1.73. The van der Waals surface area contributed by atoms with Gasteiger partial charge < -0.3 is 14.4 Å². The number of pyridine rings is 1. The van der Waals surface area contributed by atoms with E-state index in [1.807, 2.05) is 0 Å². The summed E-state index contributed by atoms with van der Waals surface area (Å²) in [6, 6.07) is 3.48. The van der Waals surface area contributed by atoms with Crippen molar-refractivity contribution in [3.8, 4) is 0 Å². The molecule has 0 atom stereocenters. The van der Waals surface area contributed by atoms with E-state index in [2.05, 4.69) is 4.74 Å². The number of ether oxygens (including phenoxy) is 1. The second kappa shape index (κ2) is 6.20. The largest absolute Gasteiger partial charge is 0.465 e. The maximum atomic E-state index is 11.9. The highest BCUT2D eigenvalue weighted by Gasteiger charge is 2.22. The second-order valence-electron chi connectivity index (χ2n) is 3.71. The topological polar surface area (TPSA) is 68.5 Å². The van der Waals surface area contributed by atoms with Crippen molar-refractivity contribution in [1.82, 2.24) is 4.57 Å². The van der Waals surface area contributed by atoms with Crippen molar-refractivity contribution in [1.29, 1.82) is 0 Å². The van der Waals surface area contributed by atoms with Crippen LogP contribution in [-0.4, -0.2) is 29.9 Å². The summed E-state index contributed by atoms with van der Waals surface area (Å²) in [5, 5.41) is 7.00. The molecule has 0 amide bonds. The number of rotatable bonds is 2. The maximum absolute atomic E-state index is 11.9. The average Bonchev–Trinajstić information content (AvgIpc) is 2.31. The summed E-state index contributed by atoms with van der Waals surface area (Å²) >= 11 is 0. The van der Waals surface area contributed by atoms with Crippen molar-refractivity contribution in [2.24, 2.45) is 0 Å². The molecule has 1 N–H and O–H groups in total. The Balaban J connectivity index is 0.000000686. The van der Waals surface area contributed by atoms with Gasteiger partial charge in [-0.05, 0) is 31.4 Å². The van der Waals surface area contributed by atoms with Crippen molar-refractivity contribution in [3.05, 3.63) is 34.2 Å². The van der Waals surface area contributed by atoms with Gasteiger partial charge in [0.2, 0.25) is 0 Å². The van der Waals surface area contributed by atoms with Crippen LogP contribution >= 0.6 is 0 Å². The van der Waals surface area contributed by atoms with Crippen molar-refractivity contribution < 1.29 is 14.6 Å². The lowest BCUT2D eigenvalue weighted by Gasteiger charge is -2.27. The van der Waals surface area contributed by atoms with Gasteiger partial charge in [0.25, 0.3) is 5.56 Å². The molecule has 1 aromatic rings. The molecule has 0 saturated heterocycles. The molecule has 1 aliphatic rings. The summed E-state index contributed by atoms with van der Waals surface area (Å²) in [5.74, 6) is -0.561. The van der Waals surface area contributed by atoms with Gasteiger partial charge in [-0.1, -0.05) is 0 Å². The quantitative estimate of drug-likeness (QED) is 0.781. The van der Waals surface area contributed by atoms with Crippen LogP contribution in [0.5, 0.6) is 0 Å². The Bertz CT molecular complexity index is 434. The first-order valence-electron chi connectivity index (χ1n) is 5.48. The number of nitrogens with zero attached hydrogens (tertiary/aromatic N) is 1. The zero-order valence-electron chi connectivity index (χ0n) is 10.0. The number of carbonyl (C=O) groups is 1. The minimum Gasteiger partial charge on any atom is -0.465 e. The summed E-state index contributed by atoms with van der Waals surface area (Å²) in [6.07, 6.45) is 4.92. The Morgan fingerprint density at radius 2 is 2.12 bits per heavy atom. The molecule has 1 saturated carbocycles. The molecule has 2 rings (SSSR count). The lowest BCUT2D eigenvalue weighted by Crippen LogP contribution is -2.32. The Morgan fingerprint density at radius 1 is 1.47 bits per heavy atom. The Hall–Kier alpha value is -1.62. The van der Waals surface area contributed by atoms with Gasteiger partial charge in [0.1, 0.15) is 5.56 Å². The van der Waals surface area contributed by atoms with E-state index in [4.69, 9.17) is 5.11 Å². The first-order chi connectivity index (χ1) is 8.24. The van der Waals surface area contributed by atoms with Crippen LogP contribution in [0, 0.1) is 0 Å². The van der Waals surface area contributed by atoms with E-state index in [0.29, 0.717) is 0 Å². The average molecular weight is 239 g/mol. The molecule has 0 aromatic carbocycles. The Kier molecular flexibility index (Phi) is 4.90. The summed E-state index contributed by atoms with van der Waals surface area (Å²) in [6.45, 7) is 0. The van der Waals surface area contributed by atoms with E-state index >= 15 is 0 Å². The predicted molar refractivity (Wildman–Crippen MR) is 63.1 cm³/mol. The van der Waals surface area contributed by atoms with Crippen LogP contribution in [0.1, 0.15) is 35.7 Å². The molecule has 0 unspecified atom stereocenters. The summed E-state index contributed by atoms with van der Waals surface area (Å²) in [5.41, 5.74) is -0.124. The van der Waals surface area contributed by atoms with Gasteiger partial charge >= 0.3 is 5.97 Å². The van der Waals surface area contributed by atoms with Gasteiger partial charge in [-0.15, -0.1) is 0 Å². The number of aromatic nitrogens is 1. The van der Waals surface area contributed by atoms with E-state index in [1.165, 1.54) is 13.2 Å². The number of methoxy groups -OCH3 is 1. The molecule has 1 heterocycles. The molecule has 17 heavy (non-hydrogen) atoms. The lowest BCUT2D eigenvalue weighted by molar-refractivity contribution is 0.0597. The lowest BCUT2D eigenvalue weighted by atomic mass is 9.92. The zero-order chi connectivity index (χ0) is 12.8. The second-order valence-corrected chi connectivity index (χ2v) is 3.71. The highest BCUT2D eigenvalue weighted by Crippen LogP contribution is 2.29. The Morgan fingerprint density at radius 3 is 2.59 bits per heavy atom. The van der Waals surface area contributed by atoms with E-state index in [1.54, 1.807) is 16.8 Å². The number of aliphatic hydroxyl groups excluding tert-OH is 1. The van der Waals surface area contributed by atoms with Gasteiger partial charge in [-0.3, -0.25) is 4.79 Å². The molecular formula is C12H17NO4.